The molecule has 4 nitrogen and oxygen atoms in total. The number of ether oxygens (including phenoxy) is 1. The quantitative estimate of drug-likeness (QED) is 0.848. The van der Waals surface area contributed by atoms with Gasteiger partial charge < -0.3 is 10.1 Å². The molecule has 0 bridgehead atoms. The molecule has 16 heavy (non-hydrogen) atoms. The lowest BCUT2D eigenvalue weighted by atomic mass is 10.2. The van der Waals surface area contributed by atoms with Crippen LogP contribution in [0.2, 0.25) is 0 Å². The van der Waals surface area contributed by atoms with Crippen LogP contribution in [0, 0.1) is 0 Å². The normalized spacial score (nSPS) is 9.81. The standard InChI is InChI=1S/C12H13N3O/c1-13-12-11(7-14-9-15-12)16-8-10-5-3-2-4-6-10/h2-7,9H,8H2,1H3,(H,13,14,15). The van der Waals surface area contributed by atoms with E-state index in [0.29, 0.717) is 18.2 Å². The number of hydrogen-bond acceptors (Lipinski definition) is 4. The van der Waals surface area contributed by atoms with Gasteiger partial charge in [0.15, 0.2) is 11.6 Å². The molecule has 1 aromatic heterocycles. The molecular weight excluding hydrogens is 202 g/mol. The third-order valence-corrected chi connectivity index (χ3v) is 2.15. The number of anilines is 1. The minimum atomic E-state index is 0.517. The molecule has 0 unspecified atom stereocenters. The zero-order chi connectivity index (χ0) is 11.2. The Morgan fingerprint density at radius 3 is 2.81 bits per heavy atom. The fraction of sp³-hybridized carbons (Fsp3) is 0.167. The molecule has 0 fully saturated rings. The summed E-state index contributed by atoms with van der Waals surface area (Å²) in [6.45, 7) is 0.517. The monoisotopic (exact) mass is 215 g/mol. The molecule has 2 rings (SSSR count). The summed E-state index contributed by atoms with van der Waals surface area (Å²) in [4.78, 5) is 7.99. The van der Waals surface area contributed by atoms with E-state index in [2.05, 4.69) is 15.3 Å². The van der Waals surface area contributed by atoms with Crippen LogP contribution in [0.4, 0.5) is 5.82 Å². The van der Waals surface area contributed by atoms with Crippen molar-refractivity contribution in [3.63, 3.8) is 0 Å². The van der Waals surface area contributed by atoms with E-state index in [1.54, 1.807) is 13.2 Å². The Kier molecular flexibility index (Phi) is 3.33. The maximum Gasteiger partial charge on any atom is 0.180 e. The van der Waals surface area contributed by atoms with E-state index in [9.17, 15) is 0 Å². The van der Waals surface area contributed by atoms with Crippen LogP contribution in [0.3, 0.4) is 0 Å². The van der Waals surface area contributed by atoms with E-state index in [-0.39, 0.29) is 0 Å². The van der Waals surface area contributed by atoms with Crippen molar-refractivity contribution >= 4 is 5.82 Å². The third kappa shape index (κ3) is 2.48. The number of rotatable bonds is 4. The van der Waals surface area contributed by atoms with Crippen LogP contribution >= 0.6 is 0 Å². The van der Waals surface area contributed by atoms with Gasteiger partial charge in [0.25, 0.3) is 0 Å². The number of nitrogens with zero attached hydrogens (tertiary/aromatic N) is 2. The van der Waals surface area contributed by atoms with Crippen LogP contribution < -0.4 is 10.1 Å². The van der Waals surface area contributed by atoms with Gasteiger partial charge in [-0.3, -0.25) is 0 Å². The van der Waals surface area contributed by atoms with E-state index in [1.165, 1.54) is 6.33 Å². The zero-order valence-electron chi connectivity index (χ0n) is 9.05. The van der Waals surface area contributed by atoms with Crippen molar-refractivity contribution in [1.29, 1.82) is 0 Å². The summed E-state index contributed by atoms with van der Waals surface area (Å²) in [6, 6.07) is 9.98. The van der Waals surface area contributed by atoms with Gasteiger partial charge in [-0.1, -0.05) is 30.3 Å². The molecule has 0 spiro atoms. The second kappa shape index (κ2) is 5.11. The molecule has 1 N–H and O–H groups in total. The molecule has 0 atom stereocenters. The number of aromatic nitrogens is 2. The van der Waals surface area contributed by atoms with Gasteiger partial charge in [0.2, 0.25) is 0 Å². The van der Waals surface area contributed by atoms with E-state index in [0.717, 1.165) is 5.56 Å². The Bertz CT molecular complexity index is 445. The number of benzene rings is 1. The lowest BCUT2D eigenvalue weighted by Crippen LogP contribution is -2.01. The van der Waals surface area contributed by atoms with Crippen molar-refractivity contribution in [2.45, 2.75) is 6.61 Å². The molecule has 0 amide bonds. The molecule has 2 aromatic rings. The van der Waals surface area contributed by atoms with Crippen molar-refractivity contribution < 1.29 is 4.74 Å². The maximum absolute atomic E-state index is 5.63. The van der Waals surface area contributed by atoms with Crippen LogP contribution in [0.5, 0.6) is 5.75 Å². The van der Waals surface area contributed by atoms with Gasteiger partial charge in [0.05, 0.1) is 6.20 Å². The molecule has 0 saturated carbocycles. The van der Waals surface area contributed by atoms with Crippen molar-refractivity contribution in [2.24, 2.45) is 0 Å². The zero-order valence-corrected chi connectivity index (χ0v) is 9.05. The highest BCUT2D eigenvalue weighted by atomic mass is 16.5. The molecular formula is C12H13N3O. The predicted octanol–water partition coefficient (Wildman–Crippen LogP) is 2.10. The summed E-state index contributed by atoms with van der Waals surface area (Å²) < 4.78 is 5.63. The second-order valence-electron chi connectivity index (χ2n) is 3.26. The van der Waals surface area contributed by atoms with Crippen LogP contribution in [-0.4, -0.2) is 17.0 Å². The highest BCUT2D eigenvalue weighted by molar-refractivity contribution is 5.47. The Hall–Kier alpha value is -2.10. The molecule has 1 heterocycles. The molecule has 1 aromatic carbocycles. The molecule has 4 heteroatoms. The highest BCUT2D eigenvalue weighted by Gasteiger charge is 2.02. The SMILES string of the molecule is CNc1ncncc1OCc1ccccc1. The Labute approximate surface area is 94.3 Å². The van der Waals surface area contributed by atoms with Crippen molar-refractivity contribution in [3.8, 4) is 5.75 Å². The largest absolute Gasteiger partial charge is 0.483 e. The molecule has 0 aliphatic heterocycles. The summed E-state index contributed by atoms with van der Waals surface area (Å²) in [5, 5.41) is 2.96. The molecule has 0 saturated heterocycles. The van der Waals surface area contributed by atoms with Crippen molar-refractivity contribution in [3.05, 3.63) is 48.4 Å². The smallest absolute Gasteiger partial charge is 0.180 e. The van der Waals surface area contributed by atoms with Gasteiger partial charge in [-0.05, 0) is 5.56 Å². The summed E-state index contributed by atoms with van der Waals surface area (Å²) >= 11 is 0. The van der Waals surface area contributed by atoms with E-state index in [1.807, 2.05) is 30.3 Å². The van der Waals surface area contributed by atoms with Gasteiger partial charge in [0.1, 0.15) is 12.9 Å². The fourth-order valence-electron chi connectivity index (χ4n) is 1.35. The first-order chi connectivity index (χ1) is 7.90. The average Bonchev–Trinajstić information content (AvgIpc) is 2.38. The molecule has 0 aliphatic rings. The third-order valence-electron chi connectivity index (χ3n) is 2.15. The Morgan fingerprint density at radius 2 is 2.06 bits per heavy atom. The van der Waals surface area contributed by atoms with Gasteiger partial charge in [0, 0.05) is 7.05 Å². The summed E-state index contributed by atoms with van der Waals surface area (Å²) in [5.74, 6) is 1.36. The summed E-state index contributed by atoms with van der Waals surface area (Å²) in [5.41, 5.74) is 1.12. The van der Waals surface area contributed by atoms with Crippen LogP contribution in [0.15, 0.2) is 42.9 Å². The van der Waals surface area contributed by atoms with E-state index in [4.69, 9.17) is 4.74 Å². The second-order valence-corrected chi connectivity index (χ2v) is 3.26. The summed E-state index contributed by atoms with van der Waals surface area (Å²) in [7, 11) is 1.80. The number of hydrogen-bond donors (Lipinski definition) is 1. The minimum absolute atomic E-state index is 0.517. The first-order valence-electron chi connectivity index (χ1n) is 5.04. The molecule has 82 valence electrons. The van der Waals surface area contributed by atoms with Crippen LogP contribution in [0.25, 0.3) is 0 Å². The highest BCUT2D eigenvalue weighted by Crippen LogP contribution is 2.19. The Morgan fingerprint density at radius 1 is 1.25 bits per heavy atom. The lowest BCUT2D eigenvalue weighted by Gasteiger charge is -2.08. The van der Waals surface area contributed by atoms with Gasteiger partial charge in [-0.15, -0.1) is 0 Å². The predicted molar refractivity (Wildman–Crippen MR) is 62.4 cm³/mol. The van der Waals surface area contributed by atoms with Crippen molar-refractivity contribution in [1.82, 2.24) is 9.97 Å². The Balaban J connectivity index is 2.05. The first kappa shape index (κ1) is 10.4. The molecule has 0 radical (unpaired) electrons. The van der Waals surface area contributed by atoms with Gasteiger partial charge in [-0.2, -0.15) is 0 Å². The average molecular weight is 215 g/mol. The molecule has 0 aliphatic carbocycles. The van der Waals surface area contributed by atoms with Gasteiger partial charge in [-0.25, -0.2) is 9.97 Å². The topological polar surface area (TPSA) is 47.0 Å². The van der Waals surface area contributed by atoms with Crippen molar-refractivity contribution in [2.75, 3.05) is 12.4 Å². The van der Waals surface area contributed by atoms with Crippen LogP contribution in [-0.2, 0) is 6.61 Å². The van der Waals surface area contributed by atoms with E-state index < -0.39 is 0 Å². The number of nitrogens with one attached hydrogen (secondary N) is 1. The fourth-order valence-corrected chi connectivity index (χ4v) is 1.35. The van der Waals surface area contributed by atoms with E-state index >= 15 is 0 Å². The summed E-state index contributed by atoms with van der Waals surface area (Å²) in [6.07, 6.45) is 3.14. The van der Waals surface area contributed by atoms with Crippen LogP contribution in [0.1, 0.15) is 5.56 Å². The maximum atomic E-state index is 5.63. The lowest BCUT2D eigenvalue weighted by molar-refractivity contribution is 0.305. The first-order valence-corrected chi connectivity index (χ1v) is 5.04. The minimum Gasteiger partial charge on any atom is -0.483 e. The van der Waals surface area contributed by atoms with Gasteiger partial charge >= 0.3 is 0 Å².